The molecule has 0 fully saturated rings. The fraction of sp³-hybridized carbons (Fsp3) is 0.455. The minimum Gasteiger partial charge on any atom is -0.419 e. The molecule has 0 unspecified atom stereocenters. The summed E-state index contributed by atoms with van der Waals surface area (Å²) in [6.45, 7) is 4.30. The molecule has 0 spiro atoms. The number of aryl methyl sites for hydroxylation is 1. The van der Waals surface area contributed by atoms with E-state index >= 15 is 0 Å². The first kappa shape index (κ1) is 11.8. The Morgan fingerprint density at radius 2 is 2.14 bits per heavy atom. The Labute approximate surface area is 92.8 Å². The van der Waals surface area contributed by atoms with E-state index in [0.717, 1.165) is 17.1 Å². The van der Waals surface area contributed by atoms with Gasteiger partial charge in [0.15, 0.2) is 0 Å². The molecule has 14 heavy (non-hydrogen) atoms. The predicted octanol–water partition coefficient (Wildman–Crippen LogP) is 3.39. The van der Waals surface area contributed by atoms with Gasteiger partial charge in [-0.1, -0.05) is 24.6 Å². The summed E-state index contributed by atoms with van der Waals surface area (Å²) in [4.78, 5) is 0. The Balaban J connectivity index is 2.79. The molecule has 1 nitrogen and oxygen atoms in total. The minimum atomic E-state index is -0.673. The number of benzene rings is 1. The Morgan fingerprint density at radius 1 is 1.43 bits per heavy atom. The van der Waals surface area contributed by atoms with E-state index in [-0.39, 0.29) is 0 Å². The molecule has 0 amide bonds. The molecule has 1 radical (unpaired) electrons. The molecular formula is C11H16ClOSi. The van der Waals surface area contributed by atoms with Gasteiger partial charge in [-0.05, 0) is 42.3 Å². The molecule has 3 heteroatoms. The number of halogens is 1. The molecule has 0 aliphatic heterocycles. The van der Waals surface area contributed by atoms with Crippen molar-refractivity contribution in [1.29, 1.82) is 0 Å². The van der Waals surface area contributed by atoms with Crippen LogP contribution in [0.15, 0.2) is 18.2 Å². The van der Waals surface area contributed by atoms with E-state index in [9.17, 15) is 0 Å². The van der Waals surface area contributed by atoms with Crippen molar-refractivity contribution in [3.05, 3.63) is 34.3 Å². The molecule has 1 aromatic carbocycles. The molecule has 0 bridgehead atoms. The molecule has 0 atom stereocenters. The normalized spacial score (nSPS) is 10.9. The lowest BCUT2D eigenvalue weighted by atomic mass is 10.1. The largest absolute Gasteiger partial charge is 0.419 e. The van der Waals surface area contributed by atoms with Gasteiger partial charge in [0.05, 0.1) is 0 Å². The van der Waals surface area contributed by atoms with Crippen molar-refractivity contribution < 1.29 is 4.43 Å². The second kappa shape index (κ2) is 5.54. The average Bonchev–Trinajstić information content (AvgIpc) is 2.19. The molecular weight excluding hydrogens is 212 g/mol. The summed E-state index contributed by atoms with van der Waals surface area (Å²) < 4.78 is 5.46. The van der Waals surface area contributed by atoms with Crippen molar-refractivity contribution in [3.8, 4) is 0 Å². The molecule has 77 valence electrons. The molecule has 0 saturated carbocycles. The quantitative estimate of drug-likeness (QED) is 0.717. The second-order valence-electron chi connectivity index (χ2n) is 3.34. The van der Waals surface area contributed by atoms with Crippen molar-refractivity contribution in [2.45, 2.75) is 25.9 Å². The summed E-state index contributed by atoms with van der Waals surface area (Å²) in [7, 11) is 1.13. The van der Waals surface area contributed by atoms with Gasteiger partial charge in [-0.15, -0.1) is 0 Å². The number of rotatable bonds is 4. The van der Waals surface area contributed by atoms with Crippen molar-refractivity contribution in [2.24, 2.45) is 0 Å². The highest BCUT2D eigenvalue weighted by molar-refractivity contribution is 6.51. The Kier molecular flexibility index (Phi) is 4.65. The SMILES string of the molecule is CC[Si](Cc1cc(Cl)ccc1C)OC. The van der Waals surface area contributed by atoms with Crippen LogP contribution in [0, 0.1) is 6.92 Å². The monoisotopic (exact) mass is 227 g/mol. The third-order valence-corrected chi connectivity index (χ3v) is 4.76. The zero-order valence-electron chi connectivity index (χ0n) is 8.93. The summed E-state index contributed by atoms with van der Waals surface area (Å²) in [6, 6.07) is 8.24. The van der Waals surface area contributed by atoms with Crippen LogP contribution in [0.3, 0.4) is 0 Å². The lowest BCUT2D eigenvalue weighted by Gasteiger charge is -2.12. The molecule has 1 rings (SSSR count). The summed E-state index contributed by atoms with van der Waals surface area (Å²) in [5, 5.41) is 0.819. The third kappa shape index (κ3) is 3.12. The Bertz CT molecular complexity index is 297. The Morgan fingerprint density at radius 3 is 2.71 bits per heavy atom. The maximum atomic E-state index is 5.96. The van der Waals surface area contributed by atoms with Gasteiger partial charge in [-0.3, -0.25) is 0 Å². The van der Waals surface area contributed by atoms with Gasteiger partial charge in [-0.2, -0.15) is 0 Å². The fourth-order valence-corrected chi connectivity index (χ4v) is 3.07. The highest BCUT2D eigenvalue weighted by Crippen LogP contribution is 2.17. The highest BCUT2D eigenvalue weighted by Gasteiger charge is 2.11. The summed E-state index contributed by atoms with van der Waals surface area (Å²) >= 11 is 5.96. The number of hydrogen-bond donors (Lipinski definition) is 0. The highest BCUT2D eigenvalue weighted by atomic mass is 35.5. The van der Waals surface area contributed by atoms with Crippen LogP contribution in [0.4, 0.5) is 0 Å². The van der Waals surface area contributed by atoms with E-state index in [1.807, 2.05) is 6.07 Å². The number of hydrogen-bond acceptors (Lipinski definition) is 1. The first-order valence-corrected chi connectivity index (χ1v) is 7.01. The van der Waals surface area contributed by atoms with Gasteiger partial charge in [0, 0.05) is 12.1 Å². The first-order chi connectivity index (χ1) is 6.67. The van der Waals surface area contributed by atoms with Gasteiger partial charge in [0.1, 0.15) is 0 Å². The van der Waals surface area contributed by atoms with Crippen molar-refractivity contribution in [3.63, 3.8) is 0 Å². The minimum absolute atomic E-state index is 0.673. The smallest absolute Gasteiger partial charge is 0.215 e. The summed E-state index contributed by atoms with van der Waals surface area (Å²) in [5.74, 6) is 0. The zero-order chi connectivity index (χ0) is 10.6. The molecule has 0 aromatic heterocycles. The van der Waals surface area contributed by atoms with Gasteiger partial charge in [0.2, 0.25) is 9.04 Å². The van der Waals surface area contributed by atoms with Gasteiger partial charge < -0.3 is 4.43 Å². The van der Waals surface area contributed by atoms with Crippen LogP contribution >= 0.6 is 11.6 Å². The van der Waals surface area contributed by atoms with Gasteiger partial charge in [0.25, 0.3) is 0 Å². The third-order valence-electron chi connectivity index (χ3n) is 2.38. The molecule has 0 aliphatic rings. The first-order valence-electron chi connectivity index (χ1n) is 4.81. The molecule has 1 aromatic rings. The van der Waals surface area contributed by atoms with Crippen LogP contribution in [0.25, 0.3) is 0 Å². The maximum Gasteiger partial charge on any atom is 0.215 e. The standard InChI is InChI=1S/C11H16ClOSi/c1-4-14(13-3)8-10-7-11(12)6-5-9(10)2/h5-7H,4,8H2,1-3H3. The van der Waals surface area contributed by atoms with Gasteiger partial charge >= 0.3 is 0 Å². The van der Waals surface area contributed by atoms with Crippen LogP contribution in [0.2, 0.25) is 11.1 Å². The van der Waals surface area contributed by atoms with E-state index in [1.54, 1.807) is 7.11 Å². The van der Waals surface area contributed by atoms with Crippen LogP contribution < -0.4 is 0 Å². The van der Waals surface area contributed by atoms with E-state index in [0.29, 0.717) is 0 Å². The predicted molar refractivity (Wildman–Crippen MR) is 63.1 cm³/mol. The Hall–Kier alpha value is -0.313. The lowest BCUT2D eigenvalue weighted by molar-refractivity contribution is 0.418. The van der Waals surface area contributed by atoms with Gasteiger partial charge in [-0.25, -0.2) is 0 Å². The van der Waals surface area contributed by atoms with Crippen molar-refractivity contribution in [1.82, 2.24) is 0 Å². The molecule has 0 heterocycles. The maximum absolute atomic E-state index is 5.96. The second-order valence-corrected chi connectivity index (χ2v) is 6.33. The average molecular weight is 228 g/mol. The molecule has 0 N–H and O–H groups in total. The lowest BCUT2D eigenvalue weighted by Crippen LogP contribution is -2.18. The summed E-state index contributed by atoms with van der Waals surface area (Å²) in [5.41, 5.74) is 2.64. The van der Waals surface area contributed by atoms with E-state index in [1.165, 1.54) is 11.1 Å². The van der Waals surface area contributed by atoms with Crippen LogP contribution in [-0.2, 0) is 10.5 Å². The molecule has 0 aliphatic carbocycles. The zero-order valence-corrected chi connectivity index (χ0v) is 10.7. The topological polar surface area (TPSA) is 9.23 Å². The molecule has 0 saturated heterocycles. The van der Waals surface area contributed by atoms with Crippen LogP contribution in [0.5, 0.6) is 0 Å². The van der Waals surface area contributed by atoms with E-state index in [4.69, 9.17) is 16.0 Å². The fourth-order valence-electron chi connectivity index (χ4n) is 1.38. The van der Waals surface area contributed by atoms with E-state index < -0.39 is 9.04 Å². The van der Waals surface area contributed by atoms with Crippen molar-refractivity contribution in [2.75, 3.05) is 7.11 Å². The van der Waals surface area contributed by atoms with Crippen LogP contribution in [0.1, 0.15) is 18.1 Å². The summed E-state index contributed by atoms with van der Waals surface area (Å²) in [6.07, 6.45) is 0. The van der Waals surface area contributed by atoms with E-state index in [2.05, 4.69) is 26.0 Å². The van der Waals surface area contributed by atoms with Crippen molar-refractivity contribution >= 4 is 20.6 Å². The van der Waals surface area contributed by atoms with Crippen LogP contribution in [-0.4, -0.2) is 16.2 Å².